The normalized spacial score (nSPS) is 26.5. The predicted molar refractivity (Wildman–Crippen MR) is 86.5 cm³/mol. The number of carbonyl (C=O) groups excluding carboxylic acids is 1. The zero-order chi connectivity index (χ0) is 16.2. The van der Waals surface area contributed by atoms with Crippen molar-refractivity contribution in [3.63, 3.8) is 0 Å². The second-order valence-corrected chi connectivity index (χ2v) is 6.33. The zero-order valence-corrected chi connectivity index (χ0v) is 13.2. The molecule has 3 saturated heterocycles. The van der Waals surface area contributed by atoms with E-state index in [1.165, 1.54) is 12.5 Å². The highest BCUT2D eigenvalue weighted by molar-refractivity contribution is 5.88. The summed E-state index contributed by atoms with van der Waals surface area (Å²) < 4.78 is 0. The number of rotatable bonds is 5. The number of piperazine rings is 1. The summed E-state index contributed by atoms with van der Waals surface area (Å²) in [6.45, 7) is 6.16. The summed E-state index contributed by atoms with van der Waals surface area (Å²) in [5, 5.41) is 12.0. The topological polar surface area (TPSA) is 72.9 Å². The number of fused-ring (bicyclic) bond motifs is 4. The summed E-state index contributed by atoms with van der Waals surface area (Å²) in [5.74, 6) is -1.02. The second-order valence-electron chi connectivity index (χ2n) is 6.33. The molecule has 3 heterocycles. The molecule has 6 nitrogen and oxygen atoms in total. The van der Waals surface area contributed by atoms with Crippen molar-refractivity contribution < 1.29 is 14.7 Å². The first kappa shape index (κ1) is 16.0. The average Bonchev–Trinajstić information content (AvgIpc) is 2.88. The van der Waals surface area contributed by atoms with Crippen LogP contribution in [-0.4, -0.2) is 72.1 Å². The minimum Gasteiger partial charge on any atom is -0.478 e. The number of hydrogen-bond donors (Lipinski definition) is 2. The molecule has 0 radical (unpaired) electrons. The number of hydrogen-bond acceptors (Lipinski definition) is 4. The minimum absolute atomic E-state index is 0.0520. The summed E-state index contributed by atoms with van der Waals surface area (Å²) in [7, 11) is 0. The number of benzene rings is 1. The molecular weight excluding hydrogens is 294 g/mol. The van der Waals surface area contributed by atoms with E-state index < -0.39 is 5.97 Å². The van der Waals surface area contributed by atoms with Crippen LogP contribution in [0.3, 0.4) is 0 Å². The van der Waals surface area contributed by atoms with Gasteiger partial charge in [-0.05, 0) is 37.2 Å². The lowest BCUT2D eigenvalue weighted by Crippen LogP contribution is -2.54. The van der Waals surface area contributed by atoms with Crippen molar-refractivity contribution >= 4 is 11.9 Å². The quantitative estimate of drug-likeness (QED) is 0.824. The van der Waals surface area contributed by atoms with Crippen LogP contribution in [0.15, 0.2) is 24.3 Å². The summed E-state index contributed by atoms with van der Waals surface area (Å²) in [4.78, 5) is 28.0. The molecule has 124 valence electrons. The molecule has 3 aliphatic heterocycles. The highest BCUT2D eigenvalue weighted by Gasteiger charge is 2.29. The Labute approximate surface area is 136 Å². The molecule has 3 atom stereocenters. The molecule has 4 rings (SSSR count). The van der Waals surface area contributed by atoms with Crippen LogP contribution in [0.2, 0.25) is 0 Å². The molecule has 1 amide bonds. The Hall–Kier alpha value is -1.92. The van der Waals surface area contributed by atoms with Gasteiger partial charge in [-0.3, -0.25) is 9.69 Å². The first-order valence-electron chi connectivity index (χ1n) is 8.17. The van der Waals surface area contributed by atoms with Crippen molar-refractivity contribution in [1.29, 1.82) is 0 Å². The van der Waals surface area contributed by atoms with Crippen LogP contribution in [-0.2, 0) is 11.2 Å². The Morgan fingerprint density at radius 2 is 2.09 bits per heavy atom. The van der Waals surface area contributed by atoms with Crippen molar-refractivity contribution in [2.45, 2.75) is 18.9 Å². The van der Waals surface area contributed by atoms with E-state index in [0.29, 0.717) is 12.6 Å². The third-order valence-corrected chi connectivity index (χ3v) is 4.68. The molecule has 0 aromatic heterocycles. The Balaban J connectivity index is 1.52. The molecule has 2 bridgehead atoms. The molecule has 0 saturated carbocycles. The van der Waals surface area contributed by atoms with E-state index in [0.717, 1.165) is 38.3 Å². The molecular formula is C17H23N3O3. The molecule has 2 N–H and O–H groups in total. The van der Waals surface area contributed by atoms with Crippen LogP contribution in [0, 0.1) is 0 Å². The maximum Gasteiger partial charge on any atom is 0.335 e. The van der Waals surface area contributed by atoms with Gasteiger partial charge in [0.2, 0.25) is 5.91 Å². The summed E-state index contributed by atoms with van der Waals surface area (Å²) in [6.07, 6.45) is 1.42. The first-order valence-corrected chi connectivity index (χ1v) is 8.17. The fourth-order valence-electron chi connectivity index (χ4n) is 3.44. The molecule has 3 fully saturated rings. The third-order valence-electron chi connectivity index (χ3n) is 4.68. The number of nitrogens with one attached hydrogen (secondary N) is 1. The number of nitrogens with zero attached hydrogens (tertiary/aromatic N) is 2. The molecule has 3 aliphatic rings. The van der Waals surface area contributed by atoms with E-state index in [9.17, 15) is 9.59 Å². The maximum absolute atomic E-state index is 12.1. The molecule has 0 spiro atoms. The molecule has 6 heteroatoms. The number of aromatic carboxylic acids is 1. The van der Waals surface area contributed by atoms with Crippen LogP contribution in [0.25, 0.3) is 0 Å². The summed E-state index contributed by atoms with van der Waals surface area (Å²) in [5.41, 5.74) is 0.948. The van der Waals surface area contributed by atoms with Gasteiger partial charge in [0.15, 0.2) is 0 Å². The van der Waals surface area contributed by atoms with Gasteiger partial charge >= 0.3 is 5.97 Å². The van der Waals surface area contributed by atoms with Crippen molar-refractivity contribution in [3.05, 3.63) is 35.4 Å². The van der Waals surface area contributed by atoms with E-state index in [1.807, 2.05) is 0 Å². The Morgan fingerprint density at radius 3 is 2.91 bits per heavy atom. The number of amides is 1. The lowest BCUT2D eigenvalue weighted by Gasteiger charge is -2.37. The van der Waals surface area contributed by atoms with Crippen LogP contribution in [0.4, 0.5) is 0 Å². The van der Waals surface area contributed by atoms with E-state index in [-0.39, 0.29) is 17.9 Å². The van der Waals surface area contributed by atoms with Crippen LogP contribution >= 0.6 is 0 Å². The molecule has 1 aromatic rings. The smallest absolute Gasteiger partial charge is 0.335 e. The second kappa shape index (κ2) is 7.10. The van der Waals surface area contributed by atoms with E-state index >= 15 is 0 Å². The lowest BCUT2D eigenvalue weighted by molar-refractivity contribution is -0.120. The van der Waals surface area contributed by atoms with Crippen molar-refractivity contribution in [3.8, 4) is 0 Å². The number of carboxylic acid groups (broad SMARTS) is 1. The third kappa shape index (κ3) is 4.09. The number of carboxylic acids is 1. The highest BCUT2D eigenvalue weighted by Crippen LogP contribution is 2.15. The largest absolute Gasteiger partial charge is 0.478 e. The van der Waals surface area contributed by atoms with Gasteiger partial charge in [-0.1, -0.05) is 12.1 Å². The Bertz CT molecular complexity index is 586. The van der Waals surface area contributed by atoms with E-state index in [1.54, 1.807) is 18.2 Å². The molecule has 1 aromatic carbocycles. The lowest BCUT2D eigenvalue weighted by atomic mass is 10.1. The number of carbonyl (C=O) groups is 2. The minimum atomic E-state index is -0.969. The van der Waals surface area contributed by atoms with Crippen LogP contribution < -0.4 is 5.32 Å². The fraction of sp³-hybridized carbons (Fsp3) is 0.529. The van der Waals surface area contributed by atoms with Gasteiger partial charge in [-0.2, -0.15) is 0 Å². The molecule has 23 heavy (non-hydrogen) atoms. The van der Waals surface area contributed by atoms with Gasteiger partial charge in [-0.25, -0.2) is 4.79 Å². The predicted octanol–water partition coefficient (Wildman–Crippen LogP) is 0.433. The summed E-state index contributed by atoms with van der Waals surface area (Å²) >= 11 is 0. The standard InChI is InChI=1S/C17H23N3O3/c21-16(10-13-3-1-4-14(9-13)17(22)23)18-11-15-12-19-5-2-6-20(15)8-7-19/h1,3-4,9,15H,2,5-8,10-12H2,(H,18,21)(H,22,23). The van der Waals surface area contributed by atoms with Gasteiger partial charge in [0.05, 0.1) is 12.0 Å². The van der Waals surface area contributed by atoms with Gasteiger partial charge in [0.1, 0.15) is 0 Å². The Morgan fingerprint density at radius 1 is 1.22 bits per heavy atom. The van der Waals surface area contributed by atoms with Gasteiger partial charge < -0.3 is 15.3 Å². The van der Waals surface area contributed by atoms with Crippen molar-refractivity contribution in [1.82, 2.24) is 15.1 Å². The van der Waals surface area contributed by atoms with Crippen molar-refractivity contribution in [2.75, 3.05) is 39.3 Å². The van der Waals surface area contributed by atoms with Crippen LogP contribution in [0.1, 0.15) is 22.3 Å². The first-order chi connectivity index (χ1) is 11.1. The van der Waals surface area contributed by atoms with Gasteiger partial charge in [-0.15, -0.1) is 0 Å². The molecule has 0 aliphatic carbocycles. The zero-order valence-electron chi connectivity index (χ0n) is 13.2. The van der Waals surface area contributed by atoms with E-state index in [4.69, 9.17) is 5.11 Å². The van der Waals surface area contributed by atoms with Gasteiger partial charge in [0.25, 0.3) is 0 Å². The molecule has 3 unspecified atom stereocenters. The highest BCUT2D eigenvalue weighted by atomic mass is 16.4. The SMILES string of the molecule is O=C(Cc1cccc(C(=O)O)c1)NCC1CN2CCCN1CC2. The fourth-order valence-corrected chi connectivity index (χ4v) is 3.44. The van der Waals surface area contributed by atoms with Crippen molar-refractivity contribution in [2.24, 2.45) is 0 Å². The Kier molecular flexibility index (Phi) is 4.93. The van der Waals surface area contributed by atoms with Gasteiger partial charge in [0, 0.05) is 32.2 Å². The average molecular weight is 317 g/mol. The summed E-state index contributed by atoms with van der Waals surface area (Å²) in [6, 6.07) is 6.95. The monoisotopic (exact) mass is 317 g/mol. The maximum atomic E-state index is 12.1. The van der Waals surface area contributed by atoms with E-state index in [2.05, 4.69) is 15.1 Å². The van der Waals surface area contributed by atoms with Crippen LogP contribution in [0.5, 0.6) is 0 Å².